The quantitative estimate of drug-likeness (QED) is 0.822. The first kappa shape index (κ1) is 15.7. The third-order valence-corrected chi connectivity index (χ3v) is 3.65. The van der Waals surface area contributed by atoms with Crippen LogP contribution in [-0.4, -0.2) is 36.1 Å². The Labute approximate surface area is 116 Å². The van der Waals surface area contributed by atoms with Crippen LogP contribution in [0, 0.1) is 18.8 Å². The molecule has 1 aromatic rings. The Bertz CT molecular complexity index is 415. The summed E-state index contributed by atoms with van der Waals surface area (Å²) >= 11 is 0. The molecule has 1 unspecified atom stereocenters. The van der Waals surface area contributed by atoms with Crippen LogP contribution in [0.1, 0.15) is 25.0 Å². The summed E-state index contributed by atoms with van der Waals surface area (Å²) in [5.41, 5.74) is 2.64. The first-order valence-electron chi connectivity index (χ1n) is 6.87. The number of rotatable bonds is 7. The third kappa shape index (κ3) is 5.03. The largest absolute Gasteiger partial charge is 0.481 e. The molecule has 0 aliphatic carbocycles. The van der Waals surface area contributed by atoms with E-state index in [2.05, 4.69) is 30.0 Å². The second kappa shape index (κ2) is 7.29. The van der Waals surface area contributed by atoms with Crippen LogP contribution < -0.4 is 0 Å². The molecule has 1 atom stereocenters. The number of aryl methyl sites for hydroxylation is 1. The van der Waals surface area contributed by atoms with Crippen LogP contribution in [0.15, 0.2) is 24.3 Å². The van der Waals surface area contributed by atoms with Gasteiger partial charge in [0.25, 0.3) is 0 Å². The smallest absolute Gasteiger partial charge is 0.308 e. The standard InChI is InChI=1S/C16H25NO2/c1-12(2)15(16(18)19)11-17(4)10-9-14-8-6-5-7-13(14)3/h5-8,12,15H,9-11H2,1-4H3,(H,18,19). The second-order valence-corrected chi connectivity index (χ2v) is 5.63. The van der Waals surface area contributed by atoms with Gasteiger partial charge in [-0.15, -0.1) is 0 Å². The first-order chi connectivity index (χ1) is 8.91. The second-order valence-electron chi connectivity index (χ2n) is 5.63. The lowest BCUT2D eigenvalue weighted by molar-refractivity contribution is -0.143. The molecule has 0 fully saturated rings. The fraction of sp³-hybridized carbons (Fsp3) is 0.562. The number of carboxylic acid groups (broad SMARTS) is 1. The minimum Gasteiger partial charge on any atom is -0.481 e. The molecule has 0 saturated carbocycles. The maximum absolute atomic E-state index is 11.2. The zero-order valence-corrected chi connectivity index (χ0v) is 12.4. The Morgan fingerprint density at radius 1 is 1.32 bits per heavy atom. The number of aliphatic carboxylic acids is 1. The molecule has 0 aromatic heterocycles. The molecule has 19 heavy (non-hydrogen) atoms. The monoisotopic (exact) mass is 263 g/mol. The highest BCUT2D eigenvalue weighted by Crippen LogP contribution is 2.13. The first-order valence-corrected chi connectivity index (χ1v) is 6.87. The molecule has 0 radical (unpaired) electrons. The number of carbonyl (C=O) groups is 1. The summed E-state index contributed by atoms with van der Waals surface area (Å²) in [4.78, 5) is 13.3. The summed E-state index contributed by atoms with van der Waals surface area (Å²) in [7, 11) is 2.00. The third-order valence-electron chi connectivity index (χ3n) is 3.65. The molecule has 0 spiro atoms. The maximum Gasteiger partial charge on any atom is 0.308 e. The number of hydrogen-bond donors (Lipinski definition) is 1. The van der Waals surface area contributed by atoms with E-state index in [0.717, 1.165) is 13.0 Å². The van der Waals surface area contributed by atoms with Crippen molar-refractivity contribution in [3.63, 3.8) is 0 Å². The lowest BCUT2D eigenvalue weighted by Gasteiger charge is -2.24. The Kier molecular flexibility index (Phi) is 6.03. The molecular weight excluding hydrogens is 238 g/mol. The normalized spacial score (nSPS) is 12.9. The van der Waals surface area contributed by atoms with Gasteiger partial charge in [-0.2, -0.15) is 0 Å². The molecule has 1 rings (SSSR count). The number of nitrogens with zero attached hydrogens (tertiary/aromatic N) is 1. The molecule has 3 heteroatoms. The van der Waals surface area contributed by atoms with Crippen molar-refractivity contribution in [2.45, 2.75) is 27.2 Å². The minimum absolute atomic E-state index is 0.165. The van der Waals surface area contributed by atoms with Gasteiger partial charge in [0, 0.05) is 13.1 Å². The molecule has 0 bridgehead atoms. The molecule has 0 heterocycles. The van der Waals surface area contributed by atoms with Gasteiger partial charge in [-0.25, -0.2) is 0 Å². The van der Waals surface area contributed by atoms with Gasteiger partial charge in [-0.3, -0.25) is 4.79 Å². The van der Waals surface area contributed by atoms with E-state index in [0.29, 0.717) is 6.54 Å². The van der Waals surface area contributed by atoms with Crippen LogP contribution in [0.2, 0.25) is 0 Å². The van der Waals surface area contributed by atoms with Crippen LogP contribution in [0.5, 0.6) is 0 Å². The fourth-order valence-corrected chi connectivity index (χ4v) is 2.20. The van der Waals surface area contributed by atoms with Gasteiger partial charge in [-0.05, 0) is 37.4 Å². The number of hydrogen-bond acceptors (Lipinski definition) is 2. The van der Waals surface area contributed by atoms with Crippen molar-refractivity contribution < 1.29 is 9.90 Å². The Morgan fingerprint density at radius 3 is 2.47 bits per heavy atom. The number of carboxylic acids is 1. The predicted molar refractivity (Wildman–Crippen MR) is 78.3 cm³/mol. The fourth-order valence-electron chi connectivity index (χ4n) is 2.20. The molecule has 0 aliphatic rings. The summed E-state index contributed by atoms with van der Waals surface area (Å²) in [6.45, 7) is 7.55. The SMILES string of the molecule is Cc1ccccc1CCN(C)CC(C(=O)O)C(C)C. The van der Waals surface area contributed by atoms with Crippen molar-refractivity contribution in [2.24, 2.45) is 11.8 Å². The highest BCUT2D eigenvalue weighted by Gasteiger charge is 2.22. The Morgan fingerprint density at radius 2 is 1.95 bits per heavy atom. The maximum atomic E-state index is 11.2. The lowest BCUT2D eigenvalue weighted by Crippen LogP contribution is -2.34. The molecule has 106 valence electrons. The minimum atomic E-state index is -0.697. The van der Waals surface area contributed by atoms with Gasteiger partial charge >= 0.3 is 5.97 Å². The molecule has 3 nitrogen and oxygen atoms in total. The van der Waals surface area contributed by atoms with Gasteiger partial charge in [-0.1, -0.05) is 38.1 Å². The van der Waals surface area contributed by atoms with Gasteiger partial charge in [0.05, 0.1) is 5.92 Å². The van der Waals surface area contributed by atoms with Gasteiger partial charge in [0.2, 0.25) is 0 Å². The summed E-state index contributed by atoms with van der Waals surface area (Å²) in [6, 6.07) is 8.35. The molecular formula is C16H25NO2. The highest BCUT2D eigenvalue weighted by molar-refractivity contribution is 5.70. The van der Waals surface area contributed by atoms with Crippen molar-refractivity contribution >= 4 is 5.97 Å². The zero-order chi connectivity index (χ0) is 14.4. The van der Waals surface area contributed by atoms with Crippen LogP contribution in [-0.2, 0) is 11.2 Å². The summed E-state index contributed by atoms with van der Waals surface area (Å²) in [5.74, 6) is -0.821. The average molecular weight is 263 g/mol. The average Bonchev–Trinajstić information content (AvgIpc) is 2.34. The number of likely N-dealkylation sites (N-methyl/N-ethyl adjacent to an activating group) is 1. The topological polar surface area (TPSA) is 40.5 Å². The van der Waals surface area contributed by atoms with Crippen molar-refractivity contribution in [1.29, 1.82) is 0 Å². The molecule has 0 aliphatic heterocycles. The van der Waals surface area contributed by atoms with E-state index in [-0.39, 0.29) is 11.8 Å². The Balaban J connectivity index is 2.49. The molecule has 0 amide bonds. The van der Waals surface area contributed by atoms with E-state index in [1.54, 1.807) is 0 Å². The van der Waals surface area contributed by atoms with Crippen molar-refractivity contribution in [3.8, 4) is 0 Å². The van der Waals surface area contributed by atoms with E-state index >= 15 is 0 Å². The number of benzene rings is 1. The zero-order valence-electron chi connectivity index (χ0n) is 12.4. The van der Waals surface area contributed by atoms with Crippen molar-refractivity contribution in [1.82, 2.24) is 4.90 Å². The van der Waals surface area contributed by atoms with Crippen molar-refractivity contribution in [2.75, 3.05) is 20.1 Å². The summed E-state index contributed by atoms with van der Waals surface area (Å²) in [5, 5.41) is 9.20. The van der Waals surface area contributed by atoms with Crippen LogP contribution >= 0.6 is 0 Å². The molecule has 1 N–H and O–H groups in total. The summed E-state index contributed by atoms with van der Waals surface area (Å²) in [6.07, 6.45) is 0.966. The van der Waals surface area contributed by atoms with E-state index in [1.165, 1.54) is 11.1 Å². The van der Waals surface area contributed by atoms with Crippen LogP contribution in [0.4, 0.5) is 0 Å². The van der Waals surface area contributed by atoms with Crippen LogP contribution in [0.25, 0.3) is 0 Å². The van der Waals surface area contributed by atoms with Crippen molar-refractivity contribution in [3.05, 3.63) is 35.4 Å². The van der Waals surface area contributed by atoms with Crippen LogP contribution in [0.3, 0.4) is 0 Å². The lowest BCUT2D eigenvalue weighted by atomic mass is 9.95. The van der Waals surface area contributed by atoms with Gasteiger partial charge in [0.15, 0.2) is 0 Å². The highest BCUT2D eigenvalue weighted by atomic mass is 16.4. The summed E-state index contributed by atoms with van der Waals surface area (Å²) < 4.78 is 0. The van der Waals surface area contributed by atoms with E-state index in [9.17, 15) is 9.90 Å². The molecule has 1 aromatic carbocycles. The van der Waals surface area contributed by atoms with E-state index in [4.69, 9.17) is 0 Å². The van der Waals surface area contributed by atoms with E-state index < -0.39 is 5.97 Å². The predicted octanol–water partition coefficient (Wildman–Crippen LogP) is 2.83. The van der Waals surface area contributed by atoms with E-state index in [1.807, 2.05) is 27.0 Å². The van der Waals surface area contributed by atoms with Gasteiger partial charge in [0.1, 0.15) is 0 Å². The Hall–Kier alpha value is -1.35. The molecule has 0 saturated heterocycles. The van der Waals surface area contributed by atoms with Gasteiger partial charge < -0.3 is 10.0 Å².